The predicted molar refractivity (Wildman–Crippen MR) is 76.8 cm³/mol. The fourth-order valence-corrected chi connectivity index (χ4v) is 2.20. The molecule has 0 aliphatic heterocycles. The summed E-state index contributed by atoms with van der Waals surface area (Å²) in [6, 6.07) is 13.0. The molecule has 0 aliphatic carbocycles. The number of fused-ring (bicyclic) bond motifs is 1. The van der Waals surface area contributed by atoms with Crippen molar-refractivity contribution in [2.45, 2.75) is 0 Å². The molecule has 0 radical (unpaired) electrons. The first-order valence-electron chi connectivity index (χ1n) is 5.95. The van der Waals surface area contributed by atoms with Crippen LogP contribution < -0.4 is 0 Å². The number of benzene rings is 2. The summed E-state index contributed by atoms with van der Waals surface area (Å²) in [5, 5.41) is 0. The van der Waals surface area contributed by atoms with E-state index in [9.17, 15) is 9.18 Å². The standard InChI is InChI=1S/C15H9FN2OS/c16-10-6-2-1-5-9(10)14(19)13-15(20)18-12-8-4-3-7-11(12)17-13/h1-8H,(H,18,20). The summed E-state index contributed by atoms with van der Waals surface area (Å²) in [4.78, 5) is 19.5. The summed E-state index contributed by atoms with van der Waals surface area (Å²) in [6.45, 7) is 0. The van der Waals surface area contributed by atoms with Crippen LogP contribution in [0.15, 0.2) is 48.5 Å². The van der Waals surface area contributed by atoms with Gasteiger partial charge in [-0.3, -0.25) is 4.79 Å². The van der Waals surface area contributed by atoms with E-state index >= 15 is 0 Å². The number of ketones is 1. The van der Waals surface area contributed by atoms with Gasteiger partial charge in [0, 0.05) is 0 Å². The van der Waals surface area contributed by atoms with E-state index in [1.54, 1.807) is 12.1 Å². The number of hydrogen-bond acceptors (Lipinski definition) is 3. The Balaban J connectivity index is 2.20. The average Bonchev–Trinajstić information content (AvgIpc) is 2.46. The molecule has 0 bridgehead atoms. The second-order valence-electron chi connectivity index (χ2n) is 4.24. The number of hydrogen-bond donors (Lipinski definition) is 1. The minimum Gasteiger partial charge on any atom is -0.343 e. The number of para-hydroxylation sites is 2. The van der Waals surface area contributed by atoms with Crippen molar-refractivity contribution in [1.82, 2.24) is 9.97 Å². The van der Waals surface area contributed by atoms with Gasteiger partial charge in [-0.05, 0) is 24.3 Å². The van der Waals surface area contributed by atoms with Crippen LogP contribution in [-0.2, 0) is 0 Å². The fraction of sp³-hybridized carbons (Fsp3) is 0. The van der Waals surface area contributed by atoms with E-state index in [1.165, 1.54) is 18.2 Å². The molecular formula is C15H9FN2OS. The van der Waals surface area contributed by atoms with Crippen LogP contribution >= 0.6 is 12.2 Å². The lowest BCUT2D eigenvalue weighted by Gasteiger charge is -2.04. The SMILES string of the molecule is O=C(c1ccccc1F)c1nc2ccccc2[nH]c1=S. The Morgan fingerprint density at radius 3 is 2.60 bits per heavy atom. The van der Waals surface area contributed by atoms with Gasteiger partial charge in [0.05, 0.1) is 16.6 Å². The minimum absolute atomic E-state index is 0.0326. The maximum Gasteiger partial charge on any atom is 0.217 e. The maximum absolute atomic E-state index is 13.7. The number of aromatic nitrogens is 2. The molecule has 20 heavy (non-hydrogen) atoms. The molecular weight excluding hydrogens is 275 g/mol. The third kappa shape index (κ3) is 2.12. The lowest BCUT2D eigenvalue weighted by atomic mass is 10.1. The average molecular weight is 284 g/mol. The first-order chi connectivity index (χ1) is 9.66. The van der Waals surface area contributed by atoms with Crippen molar-refractivity contribution in [2.24, 2.45) is 0 Å². The van der Waals surface area contributed by atoms with Crippen LogP contribution in [0, 0.1) is 10.5 Å². The quantitative estimate of drug-likeness (QED) is 0.577. The summed E-state index contributed by atoms with van der Waals surface area (Å²) >= 11 is 5.14. The van der Waals surface area contributed by atoms with Gasteiger partial charge in [0.2, 0.25) is 5.78 Å². The topological polar surface area (TPSA) is 45.8 Å². The molecule has 98 valence electrons. The van der Waals surface area contributed by atoms with Crippen molar-refractivity contribution >= 4 is 29.0 Å². The normalized spacial score (nSPS) is 10.7. The number of aromatic amines is 1. The Labute approximate surface area is 119 Å². The molecule has 1 heterocycles. The van der Waals surface area contributed by atoms with Gasteiger partial charge in [-0.1, -0.05) is 36.5 Å². The fourth-order valence-electron chi connectivity index (χ4n) is 1.96. The number of H-pyrrole nitrogens is 1. The van der Waals surface area contributed by atoms with E-state index in [-0.39, 0.29) is 15.9 Å². The number of halogens is 1. The van der Waals surface area contributed by atoms with Crippen LogP contribution in [0.2, 0.25) is 0 Å². The highest BCUT2D eigenvalue weighted by Crippen LogP contribution is 2.15. The molecule has 0 fully saturated rings. The van der Waals surface area contributed by atoms with Crippen LogP contribution in [0.5, 0.6) is 0 Å². The molecule has 0 aliphatic rings. The van der Waals surface area contributed by atoms with Gasteiger partial charge in [0.15, 0.2) is 0 Å². The summed E-state index contributed by atoms with van der Waals surface area (Å²) in [7, 11) is 0. The second-order valence-corrected chi connectivity index (χ2v) is 4.65. The highest BCUT2D eigenvalue weighted by atomic mass is 32.1. The molecule has 0 unspecified atom stereocenters. The van der Waals surface area contributed by atoms with Gasteiger partial charge < -0.3 is 4.98 Å². The molecule has 2 aromatic carbocycles. The zero-order valence-electron chi connectivity index (χ0n) is 10.3. The van der Waals surface area contributed by atoms with E-state index in [0.717, 1.165) is 5.52 Å². The molecule has 0 spiro atoms. The van der Waals surface area contributed by atoms with Gasteiger partial charge in [-0.2, -0.15) is 0 Å². The zero-order valence-corrected chi connectivity index (χ0v) is 11.1. The molecule has 5 heteroatoms. The number of nitrogens with zero attached hydrogens (tertiary/aromatic N) is 1. The maximum atomic E-state index is 13.7. The molecule has 1 aromatic heterocycles. The van der Waals surface area contributed by atoms with E-state index in [2.05, 4.69) is 9.97 Å². The molecule has 3 nitrogen and oxygen atoms in total. The van der Waals surface area contributed by atoms with Gasteiger partial charge >= 0.3 is 0 Å². The van der Waals surface area contributed by atoms with Gasteiger partial charge in [0.1, 0.15) is 16.2 Å². The summed E-state index contributed by atoms with van der Waals surface area (Å²) < 4.78 is 13.9. The summed E-state index contributed by atoms with van der Waals surface area (Å²) in [5.41, 5.74) is 1.38. The van der Waals surface area contributed by atoms with Crippen molar-refractivity contribution in [3.05, 3.63) is 70.2 Å². The monoisotopic (exact) mass is 284 g/mol. The van der Waals surface area contributed by atoms with Crippen LogP contribution in [0.1, 0.15) is 16.1 Å². The van der Waals surface area contributed by atoms with Gasteiger partial charge in [-0.25, -0.2) is 9.37 Å². The van der Waals surface area contributed by atoms with Crippen molar-refractivity contribution < 1.29 is 9.18 Å². The van der Waals surface area contributed by atoms with E-state index in [4.69, 9.17) is 12.2 Å². The number of carbonyl (C=O) groups is 1. The molecule has 0 saturated carbocycles. The third-order valence-electron chi connectivity index (χ3n) is 2.93. The Hall–Kier alpha value is -2.40. The van der Waals surface area contributed by atoms with E-state index < -0.39 is 11.6 Å². The van der Waals surface area contributed by atoms with Gasteiger partial charge in [-0.15, -0.1) is 0 Å². The smallest absolute Gasteiger partial charge is 0.217 e. The summed E-state index contributed by atoms with van der Waals surface area (Å²) in [5.74, 6) is -1.10. The lowest BCUT2D eigenvalue weighted by Crippen LogP contribution is -2.08. The van der Waals surface area contributed by atoms with Crippen molar-refractivity contribution in [2.75, 3.05) is 0 Å². The highest BCUT2D eigenvalue weighted by molar-refractivity contribution is 7.71. The number of rotatable bonds is 2. The van der Waals surface area contributed by atoms with Crippen LogP contribution in [0.25, 0.3) is 11.0 Å². The minimum atomic E-state index is -0.582. The van der Waals surface area contributed by atoms with E-state index in [1.807, 2.05) is 18.2 Å². The predicted octanol–water partition coefficient (Wildman–Crippen LogP) is 3.66. The molecule has 0 amide bonds. The van der Waals surface area contributed by atoms with Crippen molar-refractivity contribution in [3.63, 3.8) is 0 Å². The molecule has 0 atom stereocenters. The van der Waals surface area contributed by atoms with Crippen molar-refractivity contribution in [3.8, 4) is 0 Å². The Bertz CT molecular complexity index is 873. The Kier molecular flexibility index (Phi) is 3.12. The van der Waals surface area contributed by atoms with Crippen LogP contribution in [-0.4, -0.2) is 15.8 Å². The number of nitrogens with one attached hydrogen (secondary N) is 1. The Morgan fingerprint density at radius 1 is 1.10 bits per heavy atom. The highest BCUT2D eigenvalue weighted by Gasteiger charge is 2.17. The first-order valence-corrected chi connectivity index (χ1v) is 6.36. The third-order valence-corrected chi connectivity index (χ3v) is 3.23. The molecule has 3 rings (SSSR count). The first kappa shape index (κ1) is 12.6. The number of carbonyl (C=O) groups excluding carboxylic acids is 1. The molecule has 3 aromatic rings. The van der Waals surface area contributed by atoms with Crippen LogP contribution in [0.4, 0.5) is 4.39 Å². The van der Waals surface area contributed by atoms with Crippen LogP contribution in [0.3, 0.4) is 0 Å². The largest absolute Gasteiger partial charge is 0.343 e. The van der Waals surface area contributed by atoms with Crippen molar-refractivity contribution in [1.29, 1.82) is 0 Å². The molecule has 1 N–H and O–H groups in total. The van der Waals surface area contributed by atoms with E-state index in [0.29, 0.717) is 5.52 Å². The Morgan fingerprint density at radius 2 is 1.80 bits per heavy atom. The lowest BCUT2D eigenvalue weighted by molar-refractivity contribution is 0.103. The molecule has 0 saturated heterocycles. The second kappa shape index (κ2) is 4.94. The summed E-state index contributed by atoms with van der Waals surface area (Å²) in [6.07, 6.45) is 0. The zero-order chi connectivity index (χ0) is 14.1. The van der Waals surface area contributed by atoms with Gasteiger partial charge in [0.25, 0.3) is 0 Å².